The summed E-state index contributed by atoms with van der Waals surface area (Å²) < 4.78 is 18.6. The van der Waals surface area contributed by atoms with Crippen LogP contribution in [-0.2, 0) is 9.53 Å². The van der Waals surface area contributed by atoms with E-state index in [4.69, 9.17) is 4.74 Å². The molecule has 1 amide bonds. The molecule has 1 aliphatic rings. The molecule has 1 N–H and O–H groups in total. The van der Waals surface area contributed by atoms with Gasteiger partial charge in [-0.05, 0) is 36.0 Å². The van der Waals surface area contributed by atoms with Crippen LogP contribution in [0.5, 0.6) is 0 Å². The summed E-state index contributed by atoms with van der Waals surface area (Å²) in [5.74, 6) is -0.227. The molecular formula is C23H38FN3O2. The quantitative estimate of drug-likeness (QED) is 0.681. The van der Waals surface area contributed by atoms with E-state index in [1.54, 1.807) is 19.2 Å². The third kappa shape index (κ3) is 8.03. The largest absolute Gasteiger partial charge is 0.383 e. The molecule has 1 fully saturated rings. The first-order valence-corrected chi connectivity index (χ1v) is 10.7. The van der Waals surface area contributed by atoms with Crippen molar-refractivity contribution >= 4 is 5.91 Å². The van der Waals surface area contributed by atoms with E-state index in [0.717, 1.165) is 51.2 Å². The molecular weight excluding hydrogens is 369 g/mol. The first-order valence-electron chi connectivity index (χ1n) is 10.7. The predicted octanol–water partition coefficient (Wildman–Crippen LogP) is 3.46. The summed E-state index contributed by atoms with van der Waals surface area (Å²) in [6.07, 6.45) is 1.86. The van der Waals surface area contributed by atoms with E-state index >= 15 is 0 Å². The number of rotatable bonds is 9. The summed E-state index contributed by atoms with van der Waals surface area (Å²) in [7, 11) is 1.73. The number of carbonyl (C=O) groups excluding carboxylic acids is 1. The van der Waals surface area contributed by atoms with Gasteiger partial charge in [0.15, 0.2) is 0 Å². The molecule has 1 aliphatic heterocycles. The van der Waals surface area contributed by atoms with Gasteiger partial charge >= 0.3 is 0 Å². The van der Waals surface area contributed by atoms with Crippen LogP contribution in [0.3, 0.4) is 0 Å². The minimum absolute atomic E-state index is 0.0313. The van der Waals surface area contributed by atoms with Crippen molar-refractivity contribution in [3.8, 4) is 0 Å². The molecule has 0 aromatic heterocycles. The Morgan fingerprint density at radius 1 is 1.28 bits per heavy atom. The van der Waals surface area contributed by atoms with Crippen LogP contribution in [0.1, 0.15) is 52.1 Å². The average Bonchev–Trinajstić information content (AvgIpc) is 2.65. The third-order valence-electron chi connectivity index (χ3n) is 5.53. The molecule has 0 radical (unpaired) electrons. The molecule has 1 heterocycles. The zero-order valence-corrected chi connectivity index (χ0v) is 18.7. The molecule has 2 atom stereocenters. The normalized spacial score (nSPS) is 19.9. The van der Waals surface area contributed by atoms with E-state index in [-0.39, 0.29) is 23.2 Å². The van der Waals surface area contributed by atoms with Gasteiger partial charge in [0.05, 0.1) is 19.2 Å². The van der Waals surface area contributed by atoms with Gasteiger partial charge in [-0.3, -0.25) is 14.6 Å². The van der Waals surface area contributed by atoms with Crippen LogP contribution in [0.25, 0.3) is 0 Å². The van der Waals surface area contributed by atoms with Gasteiger partial charge in [0.25, 0.3) is 0 Å². The molecule has 5 nitrogen and oxygen atoms in total. The van der Waals surface area contributed by atoms with E-state index < -0.39 is 0 Å². The Hall–Kier alpha value is -1.50. The fourth-order valence-electron chi connectivity index (χ4n) is 3.99. The third-order valence-corrected chi connectivity index (χ3v) is 5.53. The van der Waals surface area contributed by atoms with Gasteiger partial charge in [0, 0.05) is 39.3 Å². The monoisotopic (exact) mass is 407 g/mol. The molecule has 0 aliphatic carbocycles. The Morgan fingerprint density at radius 2 is 1.97 bits per heavy atom. The molecule has 164 valence electrons. The second-order valence-electron chi connectivity index (χ2n) is 9.26. The van der Waals surface area contributed by atoms with Gasteiger partial charge in [0.2, 0.25) is 5.91 Å². The molecule has 29 heavy (non-hydrogen) atoms. The Balaban J connectivity index is 1.96. The lowest BCUT2D eigenvalue weighted by molar-refractivity contribution is -0.124. The van der Waals surface area contributed by atoms with E-state index in [1.807, 2.05) is 0 Å². The predicted molar refractivity (Wildman–Crippen MR) is 115 cm³/mol. The number of halogens is 1. The highest BCUT2D eigenvalue weighted by Crippen LogP contribution is 2.29. The molecule has 2 rings (SSSR count). The molecule has 0 bridgehead atoms. The summed E-state index contributed by atoms with van der Waals surface area (Å²) in [6, 6.07) is 6.80. The fourth-order valence-corrected chi connectivity index (χ4v) is 3.99. The van der Waals surface area contributed by atoms with Gasteiger partial charge in [-0.25, -0.2) is 4.39 Å². The molecule has 0 spiro atoms. The highest BCUT2D eigenvalue weighted by Gasteiger charge is 2.28. The summed E-state index contributed by atoms with van der Waals surface area (Å²) in [6.45, 7) is 13.5. The maximum absolute atomic E-state index is 13.3. The number of nitrogens with one attached hydrogen (secondary N) is 1. The van der Waals surface area contributed by atoms with Crippen molar-refractivity contribution in [3.63, 3.8) is 0 Å². The van der Waals surface area contributed by atoms with E-state index in [1.165, 1.54) is 12.1 Å². The van der Waals surface area contributed by atoms with Crippen LogP contribution in [-0.4, -0.2) is 68.2 Å². The minimum atomic E-state index is -0.258. The first kappa shape index (κ1) is 23.8. The van der Waals surface area contributed by atoms with Crippen LogP contribution in [0.4, 0.5) is 4.39 Å². The van der Waals surface area contributed by atoms with Crippen molar-refractivity contribution in [3.05, 3.63) is 35.6 Å². The van der Waals surface area contributed by atoms with Crippen molar-refractivity contribution in [2.75, 3.05) is 46.4 Å². The van der Waals surface area contributed by atoms with Crippen molar-refractivity contribution in [1.82, 2.24) is 15.1 Å². The maximum Gasteiger partial charge on any atom is 0.234 e. The minimum Gasteiger partial charge on any atom is -0.383 e. The van der Waals surface area contributed by atoms with E-state index in [2.05, 4.69) is 42.8 Å². The van der Waals surface area contributed by atoms with E-state index in [9.17, 15) is 9.18 Å². The van der Waals surface area contributed by atoms with Crippen molar-refractivity contribution in [1.29, 1.82) is 0 Å². The molecule has 6 heteroatoms. The smallest absolute Gasteiger partial charge is 0.234 e. The molecule has 0 saturated carbocycles. The number of nitrogens with zero attached hydrogens (tertiary/aromatic N) is 2. The molecule has 1 aromatic rings. The summed E-state index contributed by atoms with van der Waals surface area (Å²) >= 11 is 0. The second-order valence-corrected chi connectivity index (χ2v) is 9.26. The lowest BCUT2D eigenvalue weighted by Crippen LogP contribution is -2.55. The highest BCUT2D eigenvalue weighted by molar-refractivity contribution is 5.78. The molecule has 2 unspecified atom stereocenters. The molecule has 1 saturated heterocycles. The van der Waals surface area contributed by atoms with Gasteiger partial charge in [0.1, 0.15) is 5.82 Å². The number of benzene rings is 1. The van der Waals surface area contributed by atoms with Crippen molar-refractivity contribution in [2.24, 2.45) is 5.41 Å². The van der Waals surface area contributed by atoms with Crippen LogP contribution < -0.4 is 5.32 Å². The Morgan fingerprint density at radius 3 is 2.55 bits per heavy atom. The number of methoxy groups -OCH3 is 1. The van der Waals surface area contributed by atoms with Crippen LogP contribution >= 0.6 is 0 Å². The van der Waals surface area contributed by atoms with Gasteiger partial charge < -0.3 is 10.1 Å². The Bertz CT molecular complexity index is 630. The maximum atomic E-state index is 13.3. The van der Waals surface area contributed by atoms with Crippen LogP contribution in [0.2, 0.25) is 0 Å². The standard InChI is InChI=1S/C23H38FN3O2/c1-6-20-16-26(11-12-27(20)13-14-29-5)17-22(28)25-21(15-23(2,3)4)18-7-9-19(24)10-8-18/h7-10,20-21H,6,11-17H2,1-5H3,(H,25,28). The van der Waals surface area contributed by atoms with Gasteiger partial charge in [-0.15, -0.1) is 0 Å². The number of piperazine rings is 1. The number of ether oxygens (including phenoxy) is 1. The molecule has 1 aromatic carbocycles. The zero-order valence-electron chi connectivity index (χ0n) is 18.7. The summed E-state index contributed by atoms with van der Waals surface area (Å²) in [5.41, 5.74) is 0.998. The zero-order chi connectivity index (χ0) is 21.4. The Kier molecular flexibility index (Phi) is 9.05. The summed E-state index contributed by atoms with van der Waals surface area (Å²) in [4.78, 5) is 17.5. The SMILES string of the molecule is CCC1CN(CC(=O)NC(CC(C)(C)C)c2ccc(F)cc2)CCN1CCOC. The first-order chi connectivity index (χ1) is 13.7. The number of carbonyl (C=O) groups is 1. The van der Waals surface area contributed by atoms with Gasteiger partial charge in [-0.2, -0.15) is 0 Å². The van der Waals surface area contributed by atoms with Crippen LogP contribution in [0, 0.1) is 11.2 Å². The van der Waals surface area contributed by atoms with Crippen molar-refractivity contribution in [2.45, 2.75) is 52.6 Å². The number of amides is 1. The van der Waals surface area contributed by atoms with Crippen molar-refractivity contribution < 1.29 is 13.9 Å². The lowest BCUT2D eigenvalue weighted by atomic mass is 9.85. The van der Waals surface area contributed by atoms with E-state index in [0.29, 0.717) is 12.6 Å². The second kappa shape index (κ2) is 11.0. The van der Waals surface area contributed by atoms with Crippen LogP contribution in [0.15, 0.2) is 24.3 Å². The number of hydrogen-bond donors (Lipinski definition) is 1. The Labute approximate surface area is 175 Å². The fraction of sp³-hybridized carbons (Fsp3) is 0.696. The number of hydrogen-bond acceptors (Lipinski definition) is 4. The topological polar surface area (TPSA) is 44.8 Å². The highest BCUT2D eigenvalue weighted by atomic mass is 19.1. The average molecular weight is 408 g/mol. The van der Waals surface area contributed by atoms with Gasteiger partial charge in [-0.1, -0.05) is 39.8 Å². The lowest BCUT2D eigenvalue weighted by Gasteiger charge is -2.41. The summed E-state index contributed by atoms with van der Waals surface area (Å²) in [5, 5.41) is 3.20.